The zero-order valence-electron chi connectivity index (χ0n) is 10.6. The van der Waals surface area contributed by atoms with E-state index >= 15 is 0 Å². The van der Waals surface area contributed by atoms with Crippen molar-refractivity contribution < 1.29 is 0 Å². The Kier molecular flexibility index (Phi) is 3.02. The van der Waals surface area contributed by atoms with Crippen molar-refractivity contribution in [3.63, 3.8) is 0 Å². The van der Waals surface area contributed by atoms with Gasteiger partial charge in [-0.1, -0.05) is 18.2 Å². The summed E-state index contributed by atoms with van der Waals surface area (Å²) in [6, 6.07) is 14.0. The first kappa shape index (κ1) is 11.5. The molecule has 0 amide bonds. The molecular weight excluding hydrogens is 238 g/mol. The van der Waals surface area contributed by atoms with E-state index in [4.69, 9.17) is 0 Å². The first-order valence-corrected chi connectivity index (χ1v) is 6.17. The molecule has 3 N–H and O–H groups in total. The number of pyridine rings is 1. The summed E-state index contributed by atoms with van der Waals surface area (Å²) in [4.78, 5) is 12.1. The number of anilines is 2. The second-order valence-electron chi connectivity index (χ2n) is 4.22. The molecule has 0 aliphatic heterocycles. The summed E-state index contributed by atoms with van der Waals surface area (Å²) < 4.78 is 0. The van der Waals surface area contributed by atoms with Gasteiger partial charge in [0.05, 0.1) is 12.1 Å². The maximum Gasteiger partial charge on any atom is 0.179 e. The minimum Gasteiger partial charge on any atom is -0.378 e. The quantitative estimate of drug-likeness (QED) is 0.668. The standard InChI is InChI=1S/C14H15N5/c1-15-12-8-7-11-14(18-12)19-13(17-11)9-16-10-5-3-2-4-6-10/h2-8,16H,9H2,1H3,(H2,15,17,18,19). The second-order valence-corrected chi connectivity index (χ2v) is 4.22. The minimum absolute atomic E-state index is 0.648. The summed E-state index contributed by atoms with van der Waals surface area (Å²) in [6.07, 6.45) is 0. The maximum atomic E-state index is 4.47. The Balaban J connectivity index is 1.78. The van der Waals surface area contributed by atoms with Gasteiger partial charge in [-0.05, 0) is 24.3 Å². The molecular formula is C14H15N5. The number of imidazole rings is 1. The van der Waals surface area contributed by atoms with Gasteiger partial charge in [0.15, 0.2) is 5.65 Å². The van der Waals surface area contributed by atoms with Gasteiger partial charge in [0.1, 0.15) is 11.6 Å². The highest BCUT2D eigenvalue weighted by Crippen LogP contribution is 2.13. The molecule has 96 valence electrons. The fraction of sp³-hybridized carbons (Fsp3) is 0.143. The zero-order valence-corrected chi connectivity index (χ0v) is 10.6. The number of rotatable bonds is 4. The van der Waals surface area contributed by atoms with E-state index in [1.807, 2.05) is 49.5 Å². The van der Waals surface area contributed by atoms with Crippen LogP contribution in [0.2, 0.25) is 0 Å². The molecule has 0 radical (unpaired) electrons. The van der Waals surface area contributed by atoms with Gasteiger partial charge >= 0.3 is 0 Å². The SMILES string of the molecule is CNc1ccc2[nH]c(CNc3ccccc3)nc2n1. The van der Waals surface area contributed by atoms with Gasteiger partial charge in [0.25, 0.3) is 0 Å². The summed E-state index contributed by atoms with van der Waals surface area (Å²) in [7, 11) is 1.85. The van der Waals surface area contributed by atoms with Crippen molar-refractivity contribution in [1.82, 2.24) is 15.0 Å². The Morgan fingerprint density at radius 2 is 1.89 bits per heavy atom. The monoisotopic (exact) mass is 253 g/mol. The number of aromatic amines is 1. The van der Waals surface area contributed by atoms with Crippen molar-refractivity contribution in [2.24, 2.45) is 0 Å². The average Bonchev–Trinajstić information content (AvgIpc) is 2.88. The predicted molar refractivity (Wildman–Crippen MR) is 77.2 cm³/mol. The van der Waals surface area contributed by atoms with Crippen molar-refractivity contribution in [2.45, 2.75) is 6.54 Å². The zero-order chi connectivity index (χ0) is 13.1. The van der Waals surface area contributed by atoms with Crippen LogP contribution in [-0.4, -0.2) is 22.0 Å². The van der Waals surface area contributed by atoms with Crippen LogP contribution < -0.4 is 10.6 Å². The van der Waals surface area contributed by atoms with E-state index in [1.165, 1.54) is 0 Å². The third kappa shape index (κ3) is 2.49. The number of aromatic nitrogens is 3. The Bertz CT molecular complexity index is 675. The number of nitrogens with one attached hydrogen (secondary N) is 3. The number of H-pyrrole nitrogens is 1. The summed E-state index contributed by atoms with van der Waals surface area (Å²) in [6.45, 7) is 0.648. The number of fused-ring (bicyclic) bond motifs is 1. The summed E-state index contributed by atoms with van der Waals surface area (Å²) in [5.41, 5.74) is 2.76. The van der Waals surface area contributed by atoms with E-state index in [0.29, 0.717) is 6.54 Å². The van der Waals surface area contributed by atoms with Crippen LogP contribution in [0.1, 0.15) is 5.82 Å². The number of benzene rings is 1. The molecule has 3 rings (SSSR count). The molecule has 19 heavy (non-hydrogen) atoms. The van der Waals surface area contributed by atoms with Gasteiger partial charge in [-0.2, -0.15) is 0 Å². The first-order valence-electron chi connectivity index (χ1n) is 6.17. The van der Waals surface area contributed by atoms with E-state index in [-0.39, 0.29) is 0 Å². The Labute approximate surface area is 111 Å². The average molecular weight is 253 g/mol. The minimum atomic E-state index is 0.648. The molecule has 0 aliphatic carbocycles. The van der Waals surface area contributed by atoms with Gasteiger partial charge in [-0.3, -0.25) is 0 Å². The van der Waals surface area contributed by atoms with Crippen molar-refractivity contribution in [2.75, 3.05) is 17.7 Å². The summed E-state index contributed by atoms with van der Waals surface area (Å²) >= 11 is 0. The first-order chi connectivity index (χ1) is 9.35. The number of hydrogen-bond donors (Lipinski definition) is 3. The Hall–Kier alpha value is -2.56. The molecule has 0 fully saturated rings. The molecule has 0 aliphatic rings. The molecule has 0 saturated carbocycles. The van der Waals surface area contributed by atoms with Gasteiger partial charge in [0, 0.05) is 12.7 Å². The van der Waals surface area contributed by atoms with Crippen LogP contribution in [0, 0.1) is 0 Å². The van der Waals surface area contributed by atoms with E-state index in [2.05, 4.69) is 25.6 Å². The van der Waals surface area contributed by atoms with Crippen molar-refractivity contribution >= 4 is 22.7 Å². The van der Waals surface area contributed by atoms with E-state index in [9.17, 15) is 0 Å². The van der Waals surface area contributed by atoms with Crippen LogP contribution in [0.3, 0.4) is 0 Å². The second kappa shape index (κ2) is 4.97. The highest BCUT2D eigenvalue weighted by Gasteiger charge is 2.04. The molecule has 0 spiro atoms. The lowest BCUT2D eigenvalue weighted by Crippen LogP contribution is -2.00. The normalized spacial score (nSPS) is 10.6. The molecule has 2 aromatic heterocycles. The highest BCUT2D eigenvalue weighted by atomic mass is 15.1. The molecule has 5 heteroatoms. The lowest BCUT2D eigenvalue weighted by Gasteiger charge is -2.02. The smallest absolute Gasteiger partial charge is 0.179 e. The van der Waals surface area contributed by atoms with Gasteiger partial charge in [0.2, 0.25) is 0 Å². The number of nitrogens with zero attached hydrogens (tertiary/aromatic N) is 2. The predicted octanol–water partition coefficient (Wildman–Crippen LogP) is 2.61. The molecule has 0 saturated heterocycles. The molecule has 5 nitrogen and oxygen atoms in total. The lowest BCUT2D eigenvalue weighted by molar-refractivity contribution is 1.01. The van der Waals surface area contributed by atoms with Crippen LogP contribution in [0.25, 0.3) is 11.2 Å². The highest BCUT2D eigenvalue weighted by molar-refractivity contribution is 5.72. The molecule has 0 bridgehead atoms. The van der Waals surface area contributed by atoms with E-state index in [1.54, 1.807) is 0 Å². The van der Waals surface area contributed by atoms with Gasteiger partial charge in [-0.15, -0.1) is 0 Å². The largest absolute Gasteiger partial charge is 0.378 e. The van der Waals surface area contributed by atoms with E-state index < -0.39 is 0 Å². The van der Waals surface area contributed by atoms with E-state index in [0.717, 1.165) is 28.5 Å². The Morgan fingerprint density at radius 3 is 2.68 bits per heavy atom. The molecule has 2 heterocycles. The summed E-state index contributed by atoms with van der Waals surface area (Å²) in [5.74, 6) is 1.70. The molecule has 0 unspecified atom stereocenters. The molecule has 3 aromatic rings. The lowest BCUT2D eigenvalue weighted by atomic mass is 10.3. The summed E-state index contributed by atoms with van der Waals surface area (Å²) in [5, 5.41) is 6.32. The molecule has 1 aromatic carbocycles. The van der Waals surface area contributed by atoms with Crippen LogP contribution in [-0.2, 0) is 6.54 Å². The van der Waals surface area contributed by atoms with Crippen LogP contribution >= 0.6 is 0 Å². The van der Waals surface area contributed by atoms with Crippen LogP contribution in [0.15, 0.2) is 42.5 Å². The maximum absolute atomic E-state index is 4.47. The number of para-hydroxylation sites is 1. The topological polar surface area (TPSA) is 65.6 Å². The van der Waals surface area contributed by atoms with Gasteiger partial charge < -0.3 is 15.6 Å². The third-order valence-corrected chi connectivity index (χ3v) is 2.88. The van der Waals surface area contributed by atoms with Crippen molar-refractivity contribution in [3.05, 3.63) is 48.3 Å². The van der Waals surface area contributed by atoms with Crippen molar-refractivity contribution in [3.8, 4) is 0 Å². The fourth-order valence-corrected chi connectivity index (χ4v) is 1.91. The Morgan fingerprint density at radius 1 is 1.05 bits per heavy atom. The third-order valence-electron chi connectivity index (χ3n) is 2.88. The number of hydrogen-bond acceptors (Lipinski definition) is 4. The molecule has 0 atom stereocenters. The van der Waals surface area contributed by atoms with Crippen LogP contribution in [0.5, 0.6) is 0 Å². The van der Waals surface area contributed by atoms with Crippen molar-refractivity contribution in [1.29, 1.82) is 0 Å². The van der Waals surface area contributed by atoms with Crippen LogP contribution in [0.4, 0.5) is 11.5 Å². The van der Waals surface area contributed by atoms with Gasteiger partial charge in [-0.25, -0.2) is 9.97 Å². The fourth-order valence-electron chi connectivity index (χ4n) is 1.91.